The molecule has 156 valence electrons. The van der Waals surface area contributed by atoms with E-state index in [1.165, 1.54) is 6.42 Å². The minimum Gasteiger partial charge on any atom is -0.396 e. The molecule has 6 nitrogen and oxygen atoms in total. The number of nitrogens with one attached hydrogen (secondary N) is 4. The third-order valence-electron chi connectivity index (χ3n) is 2.98. The number of hydrogen-bond donors (Lipinski definition) is 6. The summed E-state index contributed by atoms with van der Waals surface area (Å²) in [6, 6.07) is 1.77. The van der Waals surface area contributed by atoms with Crippen LogP contribution in [0, 0.1) is 0 Å². The fourth-order valence-corrected chi connectivity index (χ4v) is 1.62. The zero-order valence-electron chi connectivity index (χ0n) is 18.1. The Labute approximate surface area is 158 Å². The Hall–Kier alpha value is -0.240. The molecule has 0 saturated heterocycles. The van der Waals surface area contributed by atoms with E-state index < -0.39 is 0 Å². The van der Waals surface area contributed by atoms with Crippen molar-refractivity contribution in [1.29, 1.82) is 0 Å². The Kier molecular flexibility index (Phi) is 30.7. The molecule has 0 bridgehead atoms. The molecule has 0 aromatic rings. The van der Waals surface area contributed by atoms with E-state index in [9.17, 15) is 0 Å². The summed E-state index contributed by atoms with van der Waals surface area (Å²) in [4.78, 5) is 0. The number of hydrogen-bond acceptors (Lipinski definition) is 6. The molecule has 0 heterocycles. The lowest BCUT2D eigenvalue weighted by Gasteiger charge is -2.06. The van der Waals surface area contributed by atoms with Crippen LogP contribution in [-0.2, 0) is 0 Å². The van der Waals surface area contributed by atoms with Gasteiger partial charge in [0.2, 0.25) is 0 Å². The lowest BCUT2D eigenvalue weighted by molar-refractivity contribution is 0.284. The molecule has 0 radical (unpaired) electrons. The molecule has 0 aliphatic rings. The molecule has 6 heteroatoms. The molecule has 0 aliphatic carbocycles. The first-order valence-corrected chi connectivity index (χ1v) is 9.97. The van der Waals surface area contributed by atoms with Crippen LogP contribution in [0.2, 0.25) is 0 Å². The van der Waals surface area contributed by atoms with Crippen LogP contribution >= 0.6 is 0 Å². The van der Waals surface area contributed by atoms with Crippen molar-refractivity contribution in [3.05, 3.63) is 0 Å². The Bertz CT molecular complexity index is 200. The standard InChI is InChI=1S/C7H18N2.C6H16N2.C6H15NO/c1-7(2)9-6-4-5-8-3;1-6(2)8-5-3-4-7;1-6(2)7-4-3-5-8/h7-9H,4-6H2,1-3H3;6,8H,3-5,7H2,1-2H3;6-8H,3-5H2,1-2H3. The molecule has 0 rings (SSSR count). The van der Waals surface area contributed by atoms with Gasteiger partial charge in [-0.15, -0.1) is 0 Å². The molecule has 7 N–H and O–H groups in total. The van der Waals surface area contributed by atoms with Gasteiger partial charge in [-0.25, -0.2) is 0 Å². The summed E-state index contributed by atoms with van der Waals surface area (Å²) in [5, 5.41) is 21.2. The van der Waals surface area contributed by atoms with Gasteiger partial charge in [-0.1, -0.05) is 41.5 Å². The summed E-state index contributed by atoms with van der Waals surface area (Å²) in [6.45, 7) is 18.1. The quantitative estimate of drug-likeness (QED) is 0.276. The maximum absolute atomic E-state index is 8.34. The van der Waals surface area contributed by atoms with Crippen LogP contribution in [0.1, 0.15) is 60.8 Å². The van der Waals surface area contributed by atoms with Crippen LogP contribution in [0.15, 0.2) is 0 Å². The first-order valence-electron chi connectivity index (χ1n) is 9.97. The SMILES string of the molecule is CC(C)NCCCN.CC(C)NCCCO.CNCCCNC(C)C. The third-order valence-corrected chi connectivity index (χ3v) is 2.98. The minimum atomic E-state index is 0.291. The summed E-state index contributed by atoms with van der Waals surface area (Å²) in [5.41, 5.74) is 5.27. The van der Waals surface area contributed by atoms with Crippen LogP contribution < -0.4 is 27.0 Å². The van der Waals surface area contributed by atoms with Gasteiger partial charge in [0.1, 0.15) is 0 Å². The molecule has 0 amide bonds. The van der Waals surface area contributed by atoms with Gasteiger partial charge >= 0.3 is 0 Å². The summed E-state index contributed by atoms with van der Waals surface area (Å²) in [5.74, 6) is 0. The monoisotopic (exact) mass is 363 g/mol. The number of rotatable bonds is 13. The Balaban J connectivity index is -0.000000291. The lowest BCUT2D eigenvalue weighted by Crippen LogP contribution is -2.25. The number of aliphatic hydroxyl groups is 1. The van der Waals surface area contributed by atoms with Crippen molar-refractivity contribution in [3.63, 3.8) is 0 Å². The Morgan fingerprint density at radius 3 is 1.40 bits per heavy atom. The lowest BCUT2D eigenvalue weighted by atomic mass is 10.3. The number of nitrogens with two attached hydrogens (primary N) is 1. The summed E-state index contributed by atoms with van der Waals surface area (Å²) in [7, 11) is 1.98. The average Bonchev–Trinajstić information content (AvgIpc) is 2.53. The molecular formula is C19H49N5O. The third kappa shape index (κ3) is 45.3. The molecule has 0 spiro atoms. The molecule has 0 saturated carbocycles. The predicted molar refractivity (Wildman–Crippen MR) is 113 cm³/mol. The van der Waals surface area contributed by atoms with E-state index in [2.05, 4.69) is 62.8 Å². The zero-order valence-corrected chi connectivity index (χ0v) is 18.1. The van der Waals surface area contributed by atoms with Gasteiger partial charge < -0.3 is 32.1 Å². The van der Waals surface area contributed by atoms with Gasteiger partial charge in [0.25, 0.3) is 0 Å². The highest BCUT2D eigenvalue weighted by Gasteiger charge is 1.89. The molecule has 0 atom stereocenters. The summed E-state index contributed by atoms with van der Waals surface area (Å²) >= 11 is 0. The summed E-state index contributed by atoms with van der Waals surface area (Å²) < 4.78 is 0. The molecule has 25 heavy (non-hydrogen) atoms. The van der Waals surface area contributed by atoms with E-state index in [0.29, 0.717) is 24.7 Å². The van der Waals surface area contributed by atoms with Crippen molar-refractivity contribution in [2.45, 2.75) is 78.9 Å². The minimum absolute atomic E-state index is 0.291. The van der Waals surface area contributed by atoms with Gasteiger partial charge in [0.05, 0.1) is 0 Å². The van der Waals surface area contributed by atoms with Crippen molar-refractivity contribution in [3.8, 4) is 0 Å². The van der Waals surface area contributed by atoms with E-state index in [1.54, 1.807) is 0 Å². The maximum atomic E-state index is 8.34. The van der Waals surface area contributed by atoms with Crippen LogP contribution in [0.3, 0.4) is 0 Å². The van der Waals surface area contributed by atoms with Crippen molar-refractivity contribution < 1.29 is 5.11 Å². The molecule has 0 fully saturated rings. The van der Waals surface area contributed by atoms with E-state index >= 15 is 0 Å². The summed E-state index contributed by atoms with van der Waals surface area (Å²) in [6.07, 6.45) is 3.16. The second-order valence-corrected chi connectivity index (χ2v) is 7.00. The van der Waals surface area contributed by atoms with Crippen molar-refractivity contribution in [2.75, 3.05) is 46.4 Å². The van der Waals surface area contributed by atoms with Gasteiger partial charge in [0, 0.05) is 24.7 Å². The average molecular weight is 364 g/mol. The van der Waals surface area contributed by atoms with Crippen molar-refractivity contribution >= 4 is 0 Å². The highest BCUT2D eigenvalue weighted by molar-refractivity contribution is 4.53. The van der Waals surface area contributed by atoms with E-state index in [4.69, 9.17) is 10.8 Å². The largest absolute Gasteiger partial charge is 0.396 e. The Morgan fingerprint density at radius 2 is 1.08 bits per heavy atom. The fraction of sp³-hybridized carbons (Fsp3) is 1.00. The first kappa shape index (κ1) is 29.5. The molecule has 0 aromatic heterocycles. The van der Waals surface area contributed by atoms with Crippen LogP contribution in [0.25, 0.3) is 0 Å². The number of aliphatic hydroxyl groups excluding tert-OH is 1. The molecule has 0 aromatic carbocycles. The van der Waals surface area contributed by atoms with E-state index in [0.717, 1.165) is 45.6 Å². The highest BCUT2D eigenvalue weighted by Crippen LogP contribution is 1.78. The molecular weight excluding hydrogens is 314 g/mol. The molecule has 0 unspecified atom stereocenters. The van der Waals surface area contributed by atoms with Crippen LogP contribution in [0.5, 0.6) is 0 Å². The van der Waals surface area contributed by atoms with Crippen molar-refractivity contribution in [2.24, 2.45) is 5.73 Å². The maximum Gasteiger partial charge on any atom is 0.0443 e. The van der Waals surface area contributed by atoms with Crippen LogP contribution in [-0.4, -0.2) is 69.6 Å². The normalized spacial score (nSPS) is 10.6. The van der Waals surface area contributed by atoms with E-state index in [1.807, 2.05) is 7.05 Å². The smallest absolute Gasteiger partial charge is 0.0443 e. The van der Waals surface area contributed by atoms with Gasteiger partial charge in [-0.2, -0.15) is 0 Å². The fourth-order valence-electron chi connectivity index (χ4n) is 1.62. The van der Waals surface area contributed by atoms with Gasteiger partial charge in [-0.3, -0.25) is 0 Å². The molecule has 0 aliphatic heterocycles. The zero-order chi connectivity index (χ0) is 19.9. The topological polar surface area (TPSA) is 94.4 Å². The van der Waals surface area contributed by atoms with Crippen molar-refractivity contribution in [1.82, 2.24) is 21.3 Å². The second-order valence-electron chi connectivity index (χ2n) is 7.00. The highest BCUT2D eigenvalue weighted by atomic mass is 16.3. The Morgan fingerprint density at radius 1 is 0.680 bits per heavy atom. The second kappa shape index (κ2) is 26.0. The predicted octanol–water partition coefficient (Wildman–Crippen LogP) is 1.29. The van der Waals surface area contributed by atoms with Gasteiger partial charge in [-0.05, 0) is 59.0 Å². The van der Waals surface area contributed by atoms with E-state index in [-0.39, 0.29) is 0 Å². The first-order chi connectivity index (χ1) is 11.8. The van der Waals surface area contributed by atoms with Gasteiger partial charge in [0.15, 0.2) is 0 Å². The van der Waals surface area contributed by atoms with Crippen LogP contribution in [0.4, 0.5) is 0 Å².